The minimum Gasteiger partial charge on any atom is -0.394 e. The molecular formula is C63H121NO8. The van der Waals surface area contributed by atoms with E-state index in [1.807, 2.05) is 6.08 Å². The van der Waals surface area contributed by atoms with Gasteiger partial charge >= 0.3 is 0 Å². The molecule has 1 aliphatic rings. The van der Waals surface area contributed by atoms with Gasteiger partial charge < -0.3 is 40.3 Å². The molecule has 0 bridgehead atoms. The highest BCUT2D eigenvalue weighted by Gasteiger charge is 2.44. The molecule has 9 heteroatoms. The van der Waals surface area contributed by atoms with Crippen LogP contribution in [0.3, 0.4) is 0 Å². The number of allylic oxidation sites excluding steroid dienone is 3. The highest BCUT2D eigenvalue weighted by molar-refractivity contribution is 5.76. The quantitative estimate of drug-likeness (QED) is 0.0261. The maximum atomic E-state index is 13.1. The Morgan fingerprint density at radius 1 is 0.458 bits per heavy atom. The number of aliphatic hydroxyl groups is 5. The van der Waals surface area contributed by atoms with Crippen LogP contribution in [-0.4, -0.2) is 87.5 Å². The predicted octanol–water partition coefficient (Wildman–Crippen LogP) is 16.1. The lowest BCUT2D eigenvalue weighted by Crippen LogP contribution is -2.60. The number of unbranched alkanes of at least 4 members (excludes halogenated alkanes) is 43. The van der Waals surface area contributed by atoms with Crippen LogP contribution in [0.1, 0.15) is 316 Å². The molecule has 1 rings (SSSR count). The number of aliphatic hydroxyl groups excluding tert-OH is 5. The SMILES string of the molecule is CCCCCCCCCC/C=C\CCCCCCCCCCCCCCCCCCCCCC(=O)NC(COC1OC(CO)C(O)C(O)C1O)C(O)/C=C/CCCCCCCCCCCCCCCCCC. The summed E-state index contributed by atoms with van der Waals surface area (Å²) in [6.45, 7) is 3.82. The van der Waals surface area contributed by atoms with E-state index in [2.05, 4.69) is 31.3 Å². The third-order valence-electron chi connectivity index (χ3n) is 15.3. The molecule has 0 aromatic rings. The molecule has 0 radical (unpaired) electrons. The van der Waals surface area contributed by atoms with E-state index in [1.165, 1.54) is 257 Å². The Morgan fingerprint density at radius 3 is 1.12 bits per heavy atom. The lowest BCUT2D eigenvalue weighted by Gasteiger charge is -2.40. The number of carbonyl (C=O) groups excluding carboxylic acids is 1. The third-order valence-corrected chi connectivity index (χ3v) is 15.3. The van der Waals surface area contributed by atoms with Crippen molar-refractivity contribution in [3.05, 3.63) is 24.3 Å². The Hall–Kier alpha value is -1.33. The topological polar surface area (TPSA) is 149 Å². The molecule has 6 N–H and O–H groups in total. The first kappa shape index (κ1) is 68.7. The van der Waals surface area contributed by atoms with Gasteiger partial charge in [0.1, 0.15) is 24.4 Å². The maximum absolute atomic E-state index is 13.1. The Kier molecular flexibility index (Phi) is 50.6. The van der Waals surface area contributed by atoms with Crippen molar-refractivity contribution in [2.75, 3.05) is 13.2 Å². The summed E-state index contributed by atoms with van der Waals surface area (Å²) in [5.74, 6) is -0.170. The summed E-state index contributed by atoms with van der Waals surface area (Å²) in [5.41, 5.74) is 0. The fourth-order valence-electron chi connectivity index (χ4n) is 10.3. The van der Waals surface area contributed by atoms with Gasteiger partial charge in [-0.15, -0.1) is 0 Å². The molecule has 1 heterocycles. The number of nitrogens with one attached hydrogen (secondary N) is 1. The zero-order valence-corrected chi connectivity index (χ0v) is 47.5. The smallest absolute Gasteiger partial charge is 0.220 e. The van der Waals surface area contributed by atoms with Crippen LogP contribution >= 0.6 is 0 Å². The highest BCUT2D eigenvalue weighted by atomic mass is 16.7. The Labute approximate surface area is 445 Å². The lowest BCUT2D eigenvalue weighted by atomic mass is 9.99. The summed E-state index contributed by atoms with van der Waals surface area (Å²) < 4.78 is 11.3. The Morgan fingerprint density at radius 2 is 0.778 bits per heavy atom. The molecule has 1 saturated heterocycles. The molecule has 0 aliphatic carbocycles. The Balaban J connectivity index is 2.13. The van der Waals surface area contributed by atoms with Gasteiger partial charge in [0.15, 0.2) is 6.29 Å². The molecule has 1 fully saturated rings. The highest BCUT2D eigenvalue weighted by Crippen LogP contribution is 2.23. The van der Waals surface area contributed by atoms with Gasteiger partial charge in [-0.3, -0.25) is 4.79 Å². The van der Waals surface area contributed by atoms with Gasteiger partial charge in [-0.25, -0.2) is 0 Å². The summed E-state index contributed by atoms with van der Waals surface area (Å²) in [7, 11) is 0. The molecule has 1 aliphatic heterocycles. The average molecular weight is 1020 g/mol. The van der Waals surface area contributed by atoms with Gasteiger partial charge in [0.2, 0.25) is 5.91 Å². The van der Waals surface area contributed by atoms with Crippen molar-refractivity contribution in [3.63, 3.8) is 0 Å². The van der Waals surface area contributed by atoms with Gasteiger partial charge in [-0.2, -0.15) is 0 Å². The van der Waals surface area contributed by atoms with Crippen LogP contribution in [0, 0.1) is 0 Å². The standard InChI is InChI=1S/C63H121NO8/c1-3-5-7-9-11-13-15-17-19-21-23-24-25-26-27-28-29-30-31-32-33-34-35-37-39-41-43-45-47-49-51-53-59(67)64-56(55-71-63-62(70)61(69)60(68)58(54-65)72-63)57(66)52-50-48-46-44-42-40-38-36-22-20-18-16-14-12-10-8-6-4-2/h21,23,50,52,56-58,60-63,65-66,68-70H,3-20,22,24-49,51,53-55H2,1-2H3,(H,64,67)/b23-21-,52-50+. The lowest BCUT2D eigenvalue weighted by molar-refractivity contribution is -0.302. The molecular weight excluding hydrogens is 899 g/mol. The van der Waals surface area contributed by atoms with Gasteiger partial charge in [0.25, 0.3) is 0 Å². The van der Waals surface area contributed by atoms with Crippen molar-refractivity contribution in [3.8, 4) is 0 Å². The zero-order chi connectivity index (χ0) is 52.2. The average Bonchev–Trinajstić information content (AvgIpc) is 3.38. The van der Waals surface area contributed by atoms with Crippen LogP contribution in [0.15, 0.2) is 24.3 Å². The van der Waals surface area contributed by atoms with Crippen molar-refractivity contribution in [2.24, 2.45) is 0 Å². The molecule has 1 amide bonds. The van der Waals surface area contributed by atoms with Crippen LogP contribution in [0.5, 0.6) is 0 Å². The minimum absolute atomic E-state index is 0.170. The van der Waals surface area contributed by atoms with Crippen LogP contribution in [-0.2, 0) is 14.3 Å². The van der Waals surface area contributed by atoms with E-state index in [1.54, 1.807) is 6.08 Å². The zero-order valence-electron chi connectivity index (χ0n) is 47.5. The van der Waals surface area contributed by atoms with E-state index < -0.39 is 49.5 Å². The first-order valence-electron chi connectivity index (χ1n) is 31.6. The largest absolute Gasteiger partial charge is 0.394 e. The number of hydrogen-bond acceptors (Lipinski definition) is 8. The second-order valence-corrected chi connectivity index (χ2v) is 22.2. The first-order chi connectivity index (χ1) is 35.3. The molecule has 0 aromatic carbocycles. The number of rotatable bonds is 55. The van der Waals surface area contributed by atoms with Crippen LogP contribution in [0.25, 0.3) is 0 Å². The summed E-state index contributed by atoms with van der Waals surface area (Å²) in [5, 5.41) is 54.6. The van der Waals surface area contributed by atoms with E-state index >= 15 is 0 Å². The third kappa shape index (κ3) is 41.9. The number of amides is 1. The second kappa shape index (κ2) is 53.1. The van der Waals surface area contributed by atoms with Gasteiger partial charge in [0.05, 0.1) is 25.4 Å². The van der Waals surface area contributed by atoms with Crippen molar-refractivity contribution in [2.45, 2.75) is 358 Å². The van der Waals surface area contributed by atoms with Crippen LogP contribution in [0.2, 0.25) is 0 Å². The van der Waals surface area contributed by atoms with Crippen LogP contribution < -0.4 is 5.32 Å². The molecule has 7 unspecified atom stereocenters. The molecule has 0 saturated carbocycles. The van der Waals surface area contributed by atoms with Crippen molar-refractivity contribution in [1.29, 1.82) is 0 Å². The fourth-order valence-corrected chi connectivity index (χ4v) is 10.3. The van der Waals surface area contributed by atoms with Crippen LogP contribution in [0.4, 0.5) is 0 Å². The Bertz CT molecular complexity index is 1180. The van der Waals surface area contributed by atoms with E-state index in [4.69, 9.17) is 9.47 Å². The van der Waals surface area contributed by atoms with E-state index in [-0.39, 0.29) is 12.5 Å². The fraction of sp³-hybridized carbons (Fsp3) is 0.921. The molecule has 7 atom stereocenters. The van der Waals surface area contributed by atoms with Crippen molar-refractivity contribution >= 4 is 5.91 Å². The van der Waals surface area contributed by atoms with Gasteiger partial charge in [-0.1, -0.05) is 289 Å². The van der Waals surface area contributed by atoms with Gasteiger partial charge in [0, 0.05) is 6.42 Å². The number of carbonyl (C=O) groups is 1. The maximum Gasteiger partial charge on any atom is 0.220 e. The van der Waals surface area contributed by atoms with E-state index in [0.717, 1.165) is 38.5 Å². The normalized spacial score (nSPS) is 19.2. The summed E-state index contributed by atoms with van der Waals surface area (Å²) in [4.78, 5) is 13.1. The van der Waals surface area contributed by atoms with Gasteiger partial charge in [-0.05, 0) is 44.9 Å². The summed E-state index contributed by atoms with van der Waals surface area (Å²) in [6.07, 6.45) is 61.2. The van der Waals surface area contributed by atoms with E-state index in [0.29, 0.717) is 6.42 Å². The first-order valence-corrected chi connectivity index (χ1v) is 31.6. The second-order valence-electron chi connectivity index (χ2n) is 22.2. The molecule has 0 aromatic heterocycles. The monoisotopic (exact) mass is 1020 g/mol. The number of ether oxygens (including phenoxy) is 2. The number of hydrogen-bond donors (Lipinski definition) is 6. The molecule has 0 spiro atoms. The summed E-state index contributed by atoms with van der Waals surface area (Å²) in [6, 6.07) is -0.802. The molecule has 426 valence electrons. The molecule has 9 nitrogen and oxygen atoms in total. The van der Waals surface area contributed by atoms with Crippen molar-refractivity contribution < 1.29 is 39.8 Å². The molecule has 72 heavy (non-hydrogen) atoms. The van der Waals surface area contributed by atoms with Crippen molar-refractivity contribution in [1.82, 2.24) is 5.32 Å². The predicted molar refractivity (Wildman–Crippen MR) is 304 cm³/mol. The minimum atomic E-state index is -1.56. The summed E-state index contributed by atoms with van der Waals surface area (Å²) >= 11 is 0. The van der Waals surface area contributed by atoms with E-state index in [9.17, 15) is 30.3 Å².